The molecule has 0 aliphatic heterocycles. The fourth-order valence-corrected chi connectivity index (χ4v) is 2.54. The van der Waals surface area contributed by atoms with Crippen molar-refractivity contribution in [3.05, 3.63) is 64.7 Å². The number of nitrogens with two attached hydrogens (primary N) is 1. The van der Waals surface area contributed by atoms with Gasteiger partial charge in [0.1, 0.15) is 0 Å². The molecule has 4 N–H and O–H groups in total. The number of halogens is 2. The first-order chi connectivity index (χ1) is 12.0. The molecule has 0 aliphatic carbocycles. The van der Waals surface area contributed by atoms with Crippen molar-refractivity contribution in [1.29, 1.82) is 0 Å². The van der Waals surface area contributed by atoms with Crippen LogP contribution >= 0.6 is 24.0 Å². The van der Waals surface area contributed by atoms with Gasteiger partial charge in [-0.1, -0.05) is 48.0 Å². The number of rotatable bonds is 7. The summed E-state index contributed by atoms with van der Waals surface area (Å²) in [5.74, 6) is -0.360. The van der Waals surface area contributed by atoms with Gasteiger partial charge < -0.3 is 16.4 Å². The van der Waals surface area contributed by atoms with E-state index in [4.69, 9.17) is 17.3 Å². The molecule has 2 rings (SSSR count). The van der Waals surface area contributed by atoms with Crippen molar-refractivity contribution in [2.24, 2.45) is 5.73 Å². The van der Waals surface area contributed by atoms with Crippen molar-refractivity contribution in [3.63, 3.8) is 0 Å². The largest absolute Gasteiger partial charge is 0.356 e. The lowest BCUT2D eigenvalue weighted by Gasteiger charge is -2.12. The van der Waals surface area contributed by atoms with Gasteiger partial charge in [0.2, 0.25) is 11.8 Å². The summed E-state index contributed by atoms with van der Waals surface area (Å²) in [6, 6.07) is 14.4. The smallest absolute Gasteiger partial charge is 0.226 e. The minimum absolute atomic E-state index is 0. The van der Waals surface area contributed by atoms with E-state index in [1.54, 1.807) is 18.2 Å². The van der Waals surface area contributed by atoms with Crippen LogP contribution in [0.25, 0.3) is 0 Å². The minimum atomic E-state index is -0.357. The number of carbonyl (C=O) groups is 2. The van der Waals surface area contributed by atoms with Crippen molar-refractivity contribution in [1.82, 2.24) is 5.32 Å². The molecule has 1 unspecified atom stereocenters. The second-order valence-electron chi connectivity index (χ2n) is 5.78. The highest BCUT2D eigenvalue weighted by Crippen LogP contribution is 2.22. The molecule has 2 aromatic rings. The van der Waals surface area contributed by atoms with Gasteiger partial charge in [-0.2, -0.15) is 0 Å². The van der Waals surface area contributed by atoms with Gasteiger partial charge in [0.25, 0.3) is 0 Å². The fourth-order valence-electron chi connectivity index (χ4n) is 2.36. The molecule has 0 aromatic heterocycles. The molecule has 0 saturated carbocycles. The van der Waals surface area contributed by atoms with E-state index in [2.05, 4.69) is 10.6 Å². The third kappa shape index (κ3) is 6.67. The molecular weight excluding hydrogens is 373 g/mol. The average Bonchev–Trinajstić information content (AvgIpc) is 2.59. The molecule has 1 atom stereocenters. The van der Waals surface area contributed by atoms with Crippen LogP contribution in [-0.2, 0) is 9.59 Å². The highest BCUT2D eigenvalue weighted by Gasteiger charge is 2.12. The quantitative estimate of drug-likeness (QED) is 0.669. The van der Waals surface area contributed by atoms with E-state index < -0.39 is 0 Å². The Hall–Kier alpha value is -2.08. The van der Waals surface area contributed by atoms with Gasteiger partial charge in [-0.25, -0.2) is 0 Å². The molecule has 0 bridgehead atoms. The molecule has 0 fully saturated rings. The maximum absolute atomic E-state index is 12.0. The summed E-state index contributed by atoms with van der Waals surface area (Å²) in [6.45, 7) is 2.09. The van der Waals surface area contributed by atoms with Gasteiger partial charge in [-0.05, 0) is 30.2 Å². The van der Waals surface area contributed by atoms with E-state index in [9.17, 15) is 9.59 Å². The zero-order chi connectivity index (χ0) is 18.2. The van der Waals surface area contributed by atoms with E-state index >= 15 is 0 Å². The Labute approximate surface area is 164 Å². The van der Waals surface area contributed by atoms with Crippen molar-refractivity contribution < 1.29 is 9.59 Å². The first-order valence-electron chi connectivity index (χ1n) is 8.09. The lowest BCUT2D eigenvalue weighted by Crippen LogP contribution is -2.30. The second kappa shape index (κ2) is 10.8. The van der Waals surface area contributed by atoms with Gasteiger partial charge in [-0.3, -0.25) is 9.59 Å². The van der Waals surface area contributed by atoms with Gasteiger partial charge in [-0.15, -0.1) is 12.4 Å². The maximum Gasteiger partial charge on any atom is 0.226 e. The highest BCUT2D eigenvalue weighted by molar-refractivity contribution is 6.31. The maximum atomic E-state index is 12.0. The topological polar surface area (TPSA) is 84.2 Å². The van der Waals surface area contributed by atoms with Crippen molar-refractivity contribution in [3.8, 4) is 0 Å². The molecular formula is C19H23Cl2N3O2. The van der Waals surface area contributed by atoms with E-state index in [1.165, 1.54) is 0 Å². The number of benzene rings is 2. The monoisotopic (exact) mass is 395 g/mol. The molecule has 5 nitrogen and oxygen atoms in total. The Morgan fingerprint density at radius 1 is 1.08 bits per heavy atom. The van der Waals surface area contributed by atoms with Gasteiger partial charge in [0.05, 0.1) is 0 Å². The second-order valence-corrected chi connectivity index (χ2v) is 6.19. The molecule has 26 heavy (non-hydrogen) atoms. The van der Waals surface area contributed by atoms with Crippen molar-refractivity contribution in [2.45, 2.75) is 25.8 Å². The Balaban J connectivity index is 0.00000338. The Bertz CT molecular complexity index is 739. The summed E-state index contributed by atoms with van der Waals surface area (Å²) >= 11 is 6.02. The molecule has 7 heteroatoms. The summed E-state index contributed by atoms with van der Waals surface area (Å²) in [5.41, 5.74) is 8.41. The van der Waals surface area contributed by atoms with Crippen LogP contribution in [0.1, 0.15) is 30.0 Å². The number of hydrogen-bond acceptors (Lipinski definition) is 3. The molecule has 0 saturated heterocycles. The number of amides is 2. The number of anilines is 1. The first kappa shape index (κ1) is 22.0. The van der Waals surface area contributed by atoms with Crippen LogP contribution in [0, 0.1) is 6.92 Å². The molecule has 140 valence electrons. The van der Waals surface area contributed by atoms with Crippen LogP contribution in [0.3, 0.4) is 0 Å². The van der Waals surface area contributed by atoms with Crippen LogP contribution in [0.4, 0.5) is 5.69 Å². The lowest BCUT2D eigenvalue weighted by molar-refractivity contribution is -0.121. The number of nitrogens with one attached hydrogen (secondary N) is 2. The number of carbonyl (C=O) groups excluding carboxylic acids is 2. The predicted molar refractivity (Wildman–Crippen MR) is 108 cm³/mol. The summed E-state index contributed by atoms with van der Waals surface area (Å²) < 4.78 is 0. The minimum Gasteiger partial charge on any atom is -0.356 e. The first-order valence-corrected chi connectivity index (χ1v) is 8.47. The zero-order valence-corrected chi connectivity index (χ0v) is 16.1. The lowest BCUT2D eigenvalue weighted by atomic mass is 10.0. The van der Waals surface area contributed by atoms with E-state index in [0.717, 1.165) is 11.1 Å². The molecule has 2 amide bonds. The standard InChI is InChI=1S/C19H22ClN3O2.ClH/c1-13-15(20)8-5-9-17(13)23-18(24)10-11-22-19(25)12-16(21)14-6-3-2-4-7-14;/h2-9,16H,10-12,21H2,1H3,(H,22,25)(H,23,24);1H. The summed E-state index contributed by atoms with van der Waals surface area (Å²) in [6.07, 6.45) is 0.358. The third-order valence-electron chi connectivity index (χ3n) is 3.85. The van der Waals surface area contributed by atoms with Crippen LogP contribution in [0.2, 0.25) is 5.02 Å². The highest BCUT2D eigenvalue weighted by atomic mass is 35.5. The SMILES string of the molecule is Cc1c(Cl)cccc1NC(=O)CCNC(=O)CC(N)c1ccccc1.Cl. The van der Waals surface area contributed by atoms with Crippen LogP contribution in [0.15, 0.2) is 48.5 Å². The third-order valence-corrected chi connectivity index (χ3v) is 4.26. The molecule has 0 spiro atoms. The molecule has 0 radical (unpaired) electrons. The zero-order valence-electron chi connectivity index (χ0n) is 14.5. The number of hydrogen-bond donors (Lipinski definition) is 3. The van der Waals surface area contributed by atoms with Crippen molar-refractivity contribution in [2.75, 3.05) is 11.9 Å². The Kier molecular flexibility index (Phi) is 9.13. The van der Waals surface area contributed by atoms with E-state index in [1.807, 2.05) is 37.3 Å². The molecule has 0 heterocycles. The Morgan fingerprint density at radius 2 is 1.77 bits per heavy atom. The predicted octanol–water partition coefficient (Wildman–Crippen LogP) is 3.61. The van der Waals surface area contributed by atoms with E-state index in [-0.39, 0.29) is 49.6 Å². The fraction of sp³-hybridized carbons (Fsp3) is 0.263. The summed E-state index contributed by atoms with van der Waals surface area (Å²) in [5, 5.41) is 6.11. The van der Waals surface area contributed by atoms with Gasteiger partial charge in [0, 0.05) is 36.1 Å². The van der Waals surface area contributed by atoms with Crippen LogP contribution in [-0.4, -0.2) is 18.4 Å². The van der Waals surface area contributed by atoms with Crippen LogP contribution in [0.5, 0.6) is 0 Å². The molecule has 2 aromatic carbocycles. The van der Waals surface area contributed by atoms with Crippen LogP contribution < -0.4 is 16.4 Å². The van der Waals surface area contributed by atoms with Gasteiger partial charge in [0.15, 0.2) is 0 Å². The Morgan fingerprint density at radius 3 is 2.46 bits per heavy atom. The van der Waals surface area contributed by atoms with Gasteiger partial charge >= 0.3 is 0 Å². The average molecular weight is 396 g/mol. The molecule has 0 aliphatic rings. The normalized spacial score (nSPS) is 11.2. The van der Waals surface area contributed by atoms with E-state index in [0.29, 0.717) is 10.7 Å². The summed E-state index contributed by atoms with van der Waals surface area (Å²) in [4.78, 5) is 23.9. The van der Waals surface area contributed by atoms with Crippen molar-refractivity contribution >= 4 is 41.5 Å². The summed E-state index contributed by atoms with van der Waals surface area (Å²) in [7, 11) is 0.